The van der Waals surface area contributed by atoms with Crippen LogP contribution in [0.25, 0.3) is 5.69 Å². The van der Waals surface area contributed by atoms with Gasteiger partial charge in [0.25, 0.3) is 5.56 Å². The number of nitrogens with one attached hydrogen (secondary N) is 2. The average molecular weight is 478 g/mol. The summed E-state index contributed by atoms with van der Waals surface area (Å²) in [5, 5.41) is 7.34. The van der Waals surface area contributed by atoms with Gasteiger partial charge in [0.05, 0.1) is 23.2 Å². The molecule has 134 valence electrons. The van der Waals surface area contributed by atoms with Crippen molar-refractivity contribution in [1.29, 1.82) is 0 Å². The molecule has 2 aromatic carbocycles. The number of aromatic amines is 1. The Morgan fingerprint density at radius 2 is 1.85 bits per heavy atom. The fourth-order valence-electron chi connectivity index (χ4n) is 2.58. The van der Waals surface area contributed by atoms with Crippen LogP contribution in [0.5, 0.6) is 0 Å². The summed E-state index contributed by atoms with van der Waals surface area (Å²) in [6.07, 6.45) is 1.55. The van der Waals surface area contributed by atoms with Crippen molar-refractivity contribution < 1.29 is 0 Å². The average Bonchev–Trinajstić information content (AvgIpc) is 2.87. The summed E-state index contributed by atoms with van der Waals surface area (Å²) in [6, 6.07) is 11.6. The zero-order chi connectivity index (χ0) is 18.8. The SMILES string of the molecule is Cc1cc(-n2[nH]c(C)c(C=NNc3ccc(Br)cc3C)c2=O)ccc1Br. The standard InChI is InChI=1S/C19H18Br2N4O/c1-11-9-15(5-6-17(11)21)25-19(26)16(13(3)24-25)10-22-23-18-7-4-14(20)8-12(18)2/h4-10,23-24H,1-3H3. The van der Waals surface area contributed by atoms with Gasteiger partial charge in [0, 0.05) is 14.6 Å². The van der Waals surface area contributed by atoms with Gasteiger partial charge in [0.2, 0.25) is 0 Å². The van der Waals surface area contributed by atoms with Gasteiger partial charge < -0.3 is 0 Å². The zero-order valence-electron chi connectivity index (χ0n) is 14.6. The van der Waals surface area contributed by atoms with Crippen LogP contribution in [0, 0.1) is 20.8 Å². The summed E-state index contributed by atoms with van der Waals surface area (Å²) in [4.78, 5) is 12.7. The van der Waals surface area contributed by atoms with Crippen molar-refractivity contribution in [3.63, 3.8) is 0 Å². The number of nitrogens with zero attached hydrogens (tertiary/aromatic N) is 2. The van der Waals surface area contributed by atoms with E-state index in [0.29, 0.717) is 5.56 Å². The number of anilines is 1. The third-order valence-electron chi connectivity index (χ3n) is 4.08. The summed E-state index contributed by atoms with van der Waals surface area (Å²) >= 11 is 6.91. The molecule has 26 heavy (non-hydrogen) atoms. The van der Waals surface area contributed by atoms with Crippen LogP contribution in [-0.2, 0) is 0 Å². The first kappa shape index (κ1) is 18.7. The van der Waals surface area contributed by atoms with Gasteiger partial charge >= 0.3 is 0 Å². The van der Waals surface area contributed by atoms with E-state index < -0.39 is 0 Å². The highest BCUT2D eigenvalue weighted by Crippen LogP contribution is 2.20. The monoisotopic (exact) mass is 476 g/mol. The second-order valence-corrected chi connectivity index (χ2v) is 7.82. The van der Waals surface area contributed by atoms with E-state index in [-0.39, 0.29) is 5.56 Å². The molecule has 0 saturated heterocycles. The lowest BCUT2D eigenvalue weighted by Gasteiger charge is -2.04. The molecule has 0 saturated carbocycles. The van der Waals surface area contributed by atoms with Gasteiger partial charge in [-0.15, -0.1) is 0 Å². The predicted molar refractivity (Wildman–Crippen MR) is 114 cm³/mol. The number of benzene rings is 2. The number of rotatable bonds is 4. The third kappa shape index (κ3) is 3.83. The molecule has 0 fully saturated rings. The Hall–Kier alpha value is -2.12. The molecule has 2 N–H and O–H groups in total. The molecular weight excluding hydrogens is 460 g/mol. The Morgan fingerprint density at radius 3 is 2.54 bits per heavy atom. The molecule has 3 rings (SSSR count). The predicted octanol–water partition coefficient (Wildman–Crippen LogP) is 5.06. The number of aromatic nitrogens is 2. The van der Waals surface area contributed by atoms with Crippen molar-refractivity contribution >= 4 is 43.8 Å². The van der Waals surface area contributed by atoms with Crippen molar-refractivity contribution in [2.75, 3.05) is 5.43 Å². The molecule has 0 aliphatic carbocycles. The minimum absolute atomic E-state index is 0.137. The van der Waals surface area contributed by atoms with Crippen LogP contribution < -0.4 is 11.0 Å². The lowest BCUT2D eigenvalue weighted by molar-refractivity contribution is 0.834. The number of hydrogen-bond acceptors (Lipinski definition) is 3. The van der Waals surface area contributed by atoms with Crippen molar-refractivity contribution in [3.8, 4) is 5.69 Å². The summed E-state index contributed by atoms with van der Waals surface area (Å²) in [6.45, 7) is 5.84. The number of hydrazone groups is 1. The first-order chi connectivity index (χ1) is 12.4. The smallest absolute Gasteiger partial charge is 0.280 e. The van der Waals surface area contributed by atoms with E-state index in [9.17, 15) is 4.79 Å². The molecule has 5 nitrogen and oxygen atoms in total. The molecule has 0 bridgehead atoms. The van der Waals surface area contributed by atoms with Gasteiger partial charge in [0.15, 0.2) is 0 Å². The molecule has 0 aliphatic rings. The fraction of sp³-hybridized carbons (Fsp3) is 0.158. The summed E-state index contributed by atoms with van der Waals surface area (Å²) in [7, 11) is 0. The normalized spacial score (nSPS) is 11.3. The molecule has 0 amide bonds. The van der Waals surface area contributed by atoms with E-state index >= 15 is 0 Å². The highest BCUT2D eigenvalue weighted by Gasteiger charge is 2.11. The highest BCUT2D eigenvalue weighted by molar-refractivity contribution is 9.10. The van der Waals surface area contributed by atoms with Crippen LogP contribution >= 0.6 is 31.9 Å². The van der Waals surface area contributed by atoms with Crippen LogP contribution in [0.15, 0.2) is 55.2 Å². The van der Waals surface area contributed by atoms with E-state index in [1.807, 2.05) is 57.2 Å². The second kappa shape index (κ2) is 7.63. The van der Waals surface area contributed by atoms with E-state index in [4.69, 9.17) is 0 Å². The van der Waals surface area contributed by atoms with E-state index in [1.54, 1.807) is 6.21 Å². The molecule has 3 aromatic rings. The van der Waals surface area contributed by atoms with Crippen molar-refractivity contribution in [1.82, 2.24) is 9.78 Å². The highest BCUT2D eigenvalue weighted by atomic mass is 79.9. The first-order valence-corrected chi connectivity index (χ1v) is 9.59. The van der Waals surface area contributed by atoms with Gasteiger partial charge in [-0.05, 0) is 68.3 Å². The quantitative estimate of drug-likeness (QED) is 0.407. The summed E-state index contributed by atoms with van der Waals surface area (Å²) in [5.41, 5.74) is 7.93. The maximum absolute atomic E-state index is 12.7. The molecule has 0 atom stereocenters. The topological polar surface area (TPSA) is 62.2 Å². The second-order valence-electron chi connectivity index (χ2n) is 6.05. The molecule has 7 heteroatoms. The molecule has 1 heterocycles. The van der Waals surface area contributed by atoms with Crippen LogP contribution in [0.2, 0.25) is 0 Å². The molecule has 0 aliphatic heterocycles. The van der Waals surface area contributed by atoms with Crippen molar-refractivity contribution in [3.05, 3.63) is 78.1 Å². The van der Waals surface area contributed by atoms with E-state index in [0.717, 1.165) is 37.1 Å². The third-order valence-corrected chi connectivity index (χ3v) is 5.47. The number of H-pyrrole nitrogens is 1. The lowest BCUT2D eigenvalue weighted by atomic mass is 10.2. The molecule has 0 unspecified atom stereocenters. The van der Waals surface area contributed by atoms with Gasteiger partial charge in [-0.1, -0.05) is 31.9 Å². The van der Waals surface area contributed by atoms with Gasteiger partial charge in [-0.25, -0.2) is 4.68 Å². The molecular formula is C19H18Br2N4O. The Morgan fingerprint density at radius 1 is 1.08 bits per heavy atom. The Balaban J connectivity index is 1.88. The maximum Gasteiger partial charge on any atom is 0.280 e. The van der Waals surface area contributed by atoms with Gasteiger partial charge in [0.1, 0.15) is 0 Å². The van der Waals surface area contributed by atoms with Crippen molar-refractivity contribution in [2.24, 2.45) is 5.10 Å². The van der Waals surface area contributed by atoms with Crippen LogP contribution in [0.1, 0.15) is 22.4 Å². The zero-order valence-corrected chi connectivity index (χ0v) is 17.8. The minimum Gasteiger partial charge on any atom is -0.295 e. The van der Waals surface area contributed by atoms with Crippen molar-refractivity contribution in [2.45, 2.75) is 20.8 Å². The number of halogens is 2. The van der Waals surface area contributed by atoms with Gasteiger partial charge in [-0.3, -0.25) is 15.3 Å². The molecule has 0 radical (unpaired) electrons. The lowest BCUT2D eigenvalue weighted by Crippen LogP contribution is -2.17. The maximum atomic E-state index is 12.7. The van der Waals surface area contributed by atoms with Gasteiger partial charge in [-0.2, -0.15) is 5.10 Å². The minimum atomic E-state index is -0.137. The fourth-order valence-corrected chi connectivity index (χ4v) is 3.30. The Labute approximate surface area is 168 Å². The largest absolute Gasteiger partial charge is 0.295 e. The summed E-state index contributed by atoms with van der Waals surface area (Å²) < 4.78 is 3.55. The first-order valence-electron chi connectivity index (χ1n) is 8.00. The molecule has 0 spiro atoms. The van der Waals surface area contributed by atoms with E-state index in [2.05, 4.69) is 47.5 Å². The number of aryl methyl sites for hydroxylation is 3. The van der Waals surface area contributed by atoms with Crippen LogP contribution in [-0.4, -0.2) is 16.0 Å². The Kier molecular flexibility index (Phi) is 5.48. The van der Waals surface area contributed by atoms with Crippen LogP contribution in [0.3, 0.4) is 0 Å². The number of hydrogen-bond donors (Lipinski definition) is 2. The van der Waals surface area contributed by atoms with Crippen LogP contribution in [0.4, 0.5) is 5.69 Å². The molecule has 1 aromatic heterocycles. The summed E-state index contributed by atoms with van der Waals surface area (Å²) in [5.74, 6) is 0. The Bertz CT molecular complexity index is 1050. The van der Waals surface area contributed by atoms with E-state index in [1.165, 1.54) is 4.68 Å².